The van der Waals surface area contributed by atoms with E-state index in [2.05, 4.69) is 17.7 Å². The highest BCUT2D eigenvalue weighted by atomic mass is 16.5. The van der Waals surface area contributed by atoms with Crippen LogP contribution in [0.1, 0.15) is 124 Å². The molecule has 0 spiro atoms. The summed E-state index contributed by atoms with van der Waals surface area (Å²) in [5, 5.41) is 21.9. The molecule has 0 aliphatic rings. The average Bonchev–Trinajstić information content (AvgIpc) is 3.03. The zero-order valence-corrected chi connectivity index (χ0v) is 28.4. The molecule has 0 rings (SSSR count). The summed E-state index contributed by atoms with van der Waals surface area (Å²) in [5.41, 5.74) is 0.589. The molecule has 0 heterocycles. The van der Waals surface area contributed by atoms with Gasteiger partial charge in [-0.3, -0.25) is 34.4 Å². The van der Waals surface area contributed by atoms with Gasteiger partial charge in [0.05, 0.1) is 32.3 Å². The number of aliphatic carboxylic acids is 2. The monoisotopic (exact) mass is 656 g/mol. The third kappa shape index (κ3) is 18.8. The van der Waals surface area contributed by atoms with E-state index in [9.17, 15) is 33.9 Å². The number of nitrogens with one attached hydrogen (secondary N) is 2. The predicted molar refractivity (Wildman–Crippen MR) is 172 cm³/mol. The largest absolute Gasteiger partial charge is 0.481 e. The molecule has 0 aromatic rings. The number of carboxylic acid groups (broad SMARTS) is 2. The molecule has 0 saturated heterocycles. The zero-order chi connectivity index (χ0) is 34.8. The first-order chi connectivity index (χ1) is 22.0. The number of rotatable bonds is 29. The van der Waals surface area contributed by atoms with Crippen LogP contribution in [0.15, 0.2) is 0 Å². The summed E-state index contributed by atoms with van der Waals surface area (Å²) < 4.78 is 10.7. The highest BCUT2D eigenvalue weighted by Crippen LogP contribution is 2.24. The number of ether oxygens (including phenoxy) is 2. The molecule has 0 aromatic heterocycles. The van der Waals surface area contributed by atoms with Crippen LogP contribution in [0.2, 0.25) is 0 Å². The lowest BCUT2D eigenvalue weighted by Crippen LogP contribution is -2.56. The van der Waals surface area contributed by atoms with E-state index in [4.69, 9.17) is 14.6 Å². The number of carboxylic acids is 2. The van der Waals surface area contributed by atoms with Crippen molar-refractivity contribution < 1.29 is 48.5 Å². The summed E-state index contributed by atoms with van der Waals surface area (Å²) in [6.45, 7) is 7.22. The molecule has 0 aliphatic carbocycles. The number of amides is 3. The van der Waals surface area contributed by atoms with Crippen molar-refractivity contribution in [2.45, 2.75) is 130 Å². The van der Waals surface area contributed by atoms with Crippen molar-refractivity contribution in [3.63, 3.8) is 0 Å². The normalized spacial score (nSPS) is 13.7. The number of carbonyl (C=O) groups excluding carboxylic acids is 4. The molecule has 0 aliphatic heterocycles. The molecular formula is C33H58N3O10. The van der Waals surface area contributed by atoms with Crippen LogP contribution in [0.5, 0.6) is 0 Å². The van der Waals surface area contributed by atoms with Crippen LogP contribution in [0, 0.1) is 11.8 Å². The maximum Gasteiger partial charge on any atom is 0.337 e. The first-order valence-electron chi connectivity index (χ1n) is 16.9. The Bertz CT molecular complexity index is 916. The van der Waals surface area contributed by atoms with Gasteiger partial charge in [-0.1, -0.05) is 79.1 Å². The highest BCUT2D eigenvalue weighted by molar-refractivity contribution is 6.01. The third-order valence-electron chi connectivity index (χ3n) is 8.03. The number of hydrogen-bond donors (Lipinski definition) is 4. The van der Waals surface area contributed by atoms with Gasteiger partial charge in [0.25, 0.3) is 0 Å². The van der Waals surface area contributed by atoms with E-state index in [0.717, 1.165) is 70.6 Å². The van der Waals surface area contributed by atoms with Crippen LogP contribution >= 0.6 is 0 Å². The molecule has 0 fully saturated rings. The number of hydrogen-bond acceptors (Lipinski definition) is 8. The number of carbonyl (C=O) groups is 5. The Hall–Kier alpha value is -3.06. The molecule has 0 aromatic carbocycles. The van der Waals surface area contributed by atoms with Crippen LogP contribution in [0.25, 0.3) is 0 Å². The van der Waals surface area contributed by atoms with Crippen molar-refractivity contribution in [2.75, 3.05) is 33.0 Å². The predicted octanol–water partition coefficient (Wildman–Crippen LogP) is 4.18. The first kappa shape index (κ1) is 42.9. The van der Waals surface area contributed by atoms with Crippen LogP contribution < -0.4 is 10.7 Å². The van der Waals surface area contributed by atoms with Gasteiger partial charge >= 0.3 is 11.9 Å². The first-order valence-corrected chi connectivity index (χ1v) is 16.9. The van der Waals surface area contributed by atoms with E-state index in [1.54, 1.807) is 6.92 Å². The SMILES string of the molecule is CCCCC(=O)N(CCOCCOCC(=O)NC([C]=O)(CC)C(=O)O)NC(=O)CCCCCCCCC[C@@H](CCC)C(C)C(=O)O. The molecule has 3 atom stereocenters. The maximum atomic E-state index is 12.6. The molecule has 0 saturated carbocycles. The summed E-state index contributed by atoms with van der Waals surface area (Å²) in [6, 6.07) is 0. The molecule has 2 unspecified atom stereocenters. The molecular weight excluding hydrogens is 598 g/mol. The molecule has 13 heteroatoms. The smallest absolute Gasteiger partial charge is 0.337 e. The van der Waals surface area contributed by atoms with Gasteiger partial charge in [-0.2, -0.15) is 0 Å². The van der Waals surface area contributed by atoms with E-state index >= 15 is 0 Å². The van der Waals surface area contributed by atoms with E-state index in [0.29, 0.717) is 19.3 Å². The van der Waals surface area contributed by atoms with Crippen molar-refractivity contribution >= 4 is 35.9 Å². The zero-order valence-electron chi connectivity index (χ0n) is 28.4. The minimum atomic E-state index is -2.11. The third-order valence-corrected chi connectivity index (χ3v) is 8.03. The Morgan fingerprint density at radius 2 is 1.41 bits per heavy atom. The van der Waals surface area contributed by atoms with Crippen molar-refractivity contribution in [1.82, 2.24) is 15.8 Å². The molecule has 0 bridgehead atoms. The van der Waals surface area contributed by atoms with Gasteiger partial charge < -0.3 is 25.0 Å². The van der Waals surface area contributed by atoms with Gasteiger partial charge in [0.15, 0.2) is 0 Å². The lowest BCUT2D eigenvalue weighted by molar-refractivity contribution is -0.145. The maximum absolute atomic E-state index is 12.6. The van der Waals surface area contributed by atoms with Crippen LogP contribution in [0.3, 0.4) is 0 Å². The van der Waals surface area contributed by atoms with Crippen LogP contribution in [-0.2, 0) is 38.2 Å². The minimum absolute atomic E-state index is 0.0177. The number of nitrogens with zero attached hydrogens (tertiary/aromatic N) is 1. The minimum Gasteiger partial charge on any atom is -0.481 e. The number of hydrazine groups is 1. The average molecular weight is 657 g/mol. The van der Waals surface area contributed by atoms with Crippen molar-refractivity contribution in [3.05, 3.63) is 0 Å². The lowest BCUT2D eigenvalue weighted by atomic mass is 9.85. The molecule has 46 heavy (non-hydrogen) atoms. The summed E-state index contributed by atoms with van der Waals surface area (Å²) in [7, 11) is 0. The topological polar surface area (TPSA) is 189 Å². The Balaban J connectivity index is 4.30. The highest BCUT2D eigenvalue weighted by Gasteiger charge is 2.39. The Morgan fingerprint density at radius 1 is 0.783 bits per heavy atom. The van der Waals surface area contributed by atoms with Crippen molar-refractivity contribution in [3.8, 4) is 0 Å². The Kier molecular flexibility index (Phi) is 24.3. The van der Waals surface area contributed by atoms with E-state index in [1.165, 1.54) is 18.2 Å². The summed E-state index contributed by atoms with van der Waals surface area (Å²) >= 11 is 0. The summed E-state index contributed by atoms with van der Waals surface area (Å²) in [4.78, 5) is 70.7. The second-order valence-electron chi connectivity index (χ2n) is 11.8. The van der Waals surface area contributed by atoms with Gasteiger partial charge in [-0.25, -0.2) is 4.79 Å². The lowest BCUT2D eigenvalue weighted by Gasteiger charge is -2.23. The standard InChI is InChI=1S/C33H58N3O10/c1-5-8-19-30(40)36(20-21-45-22-23-46-24-29(39)34-33(7-3,25-37)32(43)44)35-28(38)18-15-13-11-9-10-12-14-17-27(16-6-2)26(4)31(41)42/h26-27H,5-24H2,1-4H3,(H,34,39)(H,35,38)(H,41,42)(H,43,44)/t26?,27-,33?/m1/s1. The molecule has 4 N–H and O–H groups in total. The molecule has 13 nitrogen and oxygen atoms in total. The van der Waals surface area contributed by atoms with Gasteiger partial charge in [0.1, 0.15) is 6.61 Å². The summed E-state index contributed by atoms with van der Waals surface area (Å²) in [5.74, 6) is -3.49. The fourth-order valence-electron chi connectivity index (χ4n) is 4.95. The fourth-order valence-corrected chi connectivity index (χ4v) is 4.95. The quantitative estimate of drug-likeness (QED) is 0.0517. The molecule has 265 valence electrons. The molecule has 3 amide bonds. The van der Waals surface area contributed by atoms with Crippen molar-refractivity contribution in [2.24, 2.45) is 11.8 Å². The van der Waals surface area contributed by atoms with Gasteiger partial charge in [-0.15, -0.1) is 0 Å². The second kappa shape index (κ2) is 26.1. The van der Waals surface area contributed by atoms with E-state index in [-0.39, 0.29) is 56.4 Å². The fraction of sp³-hybridized carbons (Fsp3) is 0.818. The van der Waals surface area contributed by atoms with Crippen molar-refractivity contribution in [1.29, 1.82) is 0 Å². The van der Waals surface area contributed by atoms with Crippen LogP contribution in [-0.4, -0.2) is 89.7 Å². The van der Waals surface area contributed by atoms with E-state index < -0.39 is 30.0 Å². The Labute approximate surface area is 274 Å². The Morgan fingerprint density at radius 3 is 1.98 bits per heavy atom. The van der Waals surface area contributed by atoms with Gasteiger partial charge in [-0.05, 0) is 38.0 Å². The number of unbranched alkanes of at least 4 members (excludes halogenated alkanes) is 7. The van der Waals surface area contributed by atoms with Crippen LogP contribution in [0.4, 0.5) is 0 Å². The molecule has 1 radical (unpaired) electrons. The second-order valence-corrected chi connectivity index (χ2v) is 11.8. The summed E-state index contributed by atoms with van der Waals surface area (Å²) in [6.07, 6.45) is 13.2. The van der Waals surface area contributed by atoms with E-state index in [1.807, 2.05) is 6.92 Å². The van der Waals surface area contributed by atoms with Gasteiger partial charge in [0.2, 0.25) is 29.5 Å². The van der Waals surface area contributed by atoms with Gasteiger partial charge in [0, 0.05) is 12.8 Å².